The van der Waals surface area contributed by atoms with Crippen LogP contribution in [0.15, 0.2) is 10.7 Å². The minimum absolute atomic E-state index is 0. The van der Waals surface area contributed by atoms with Crippen LogP contribution in [-0.2, 0) is 16.8 Å². The van der Waals surface area contributed by atoms with Crippen LogP contribution in [0.2, 0.25) is 0 Å². The van der Waals surface area contributed by atoms with Gasteiger partial charge in [0.25, 0.3) is 0 Å². The number of rotatable bonds is 6. The van der Waals surface area contributed by atoms with E-state index in [-0.39, 0.29) is 29.2 Å². The predicted octanol–water partition coefficient (Wildman–Crippen LogP) is -4.33. The molecule has 0 aliphatic carbocycles. The minimum Gasteiger partial charge on any atom is -1.00 e. The topological polar surface area (TPSA) is 186 Å². The van der Waals surface area contributed by atoms with E-state index >= 15 is 0 Å². The Morgan fingerprint density at radius 1 is 0.833 bits per heavy atom. The zero-order valence-electron chi connectivity index (χ0n) is 9.66. The zero-order chi connectivity index (χ0) is 13.2. The Hall–Kier alpha value is -0.564. The summed E-state index contributed by atoms with van der Waals surface area (Å²) in [4.78, 5) is 18.2. The van der Waals surface area contributed by atoms with Crippen LogP contribution in [0.3, 0.4) is 0 Å². The average Bonchev–Trinajstić information content (AvgIpc) is 2.21. The van der Waals surface area contributed by atoms with Crippen LogP contribution in [0, 0.1) is 20.2 Å². The van der Waals surface area contributed by atoms with E-state index in [4.69, 9.17) is 37.4 Å². The second-order valence-electron chi connectivity index (χ2n) is 2.36. The van der Waals surface area contributed by atoms with E-state index in [0.29, 0.717) is 19.6 Å². The average molecular weight is 333 g/mol. The molecule has 0 atom stereocenters. The van der Waals surface area contributed by atoms with Gasteiger partial charge in [-0.25, -0.2) is 0 Å². The molecule has 0 amide bonds. The molecule has 0 bridgehead atoms. The van der Waals surface area contributed by atoms with Crippen molar-refractivity contribution < 1.29 is 29.2 Å². The van der Waals surface area contributed by atoms with Gasteiger partial charge in [-0.05, 0) is 0 Å². The Bertz CT molecular complexity index is 129. The fourth-order valence-corrected chi connectivity index (χ4v) is 0.883. The van der Waals surface area contributed by atoms with Gasteiger partial charge in [-0.1, -0.05) is 0 Å². The van der Waals surface area contributed by atoms with E-state index in [2.05, 4.69) is 4.90 Å². The van der Waals surface area contributed by atoms with E-state index in [1.807, 2.05) is 0 Å². The van der Waals surface area contributed by atoms with Crippen molar-refractivity contribution in [2.75, 3.05) is 39.3 Å². The molecule has 0 saturated heterocycles. The third-order valence-corrected chi connectivity index (χ3v) is 1.34. The largest absolute Gasteiger partial charge is 3.00 e. The van der Waals surface area contributed by atoms with Gasteiger partial charge in [0.05, 0.1) is 0 Å². The maximum absolute atomic E-state index is 8.00. The van der Waals surface area contributed by atoms with Crippen molar-refractivity contribution in [1.29, 1.82) is 0 Å². The first-order chi connectivity index (χ1) is 7.67. The molecule has 0 heterocycles. The smallest absolute Gasteiger partial charge is 1.00 e. The fourth-order valence-electron chi connectivity index (χ4n) is 0.883. The molecule has 0 aromatic carbocycles. The van der Waals surface area contributed by atoms with E-state index in [1.165, 1.54) is 0 Å². The van der Waals surface area contributed by atoms with Crippen LogP contribution in [0.4, 0.5) is 0 Å². The SMILES string of the molecule is NCCN(CCN)CCN.O=N[O-].O=N[O-].[Cl-].[Co+3]. The summed E-state index contributed by atoms with van der Waals surface area (Å²) in [5.74, 6) is 0. The number of nitrogens with zero attached hydrogens (tertiary/aromatic N) is 3. The van der Waals surface area contributed by atoms with Gasteiger partial charge in [0.15, 0.2) is 0 Å². The van der Waals surface area contributed by atoms with Crippen LogP contribution in [0.1, 0.15) is 0 Å². The molecule has 0 spiro atoms. The normalized spacial score (nSPS) is 7.33. The Labute approximate surface area is 122 Å². The molecular weight excluding hydrogens is 314 g/mol. The Kier molecular flexibility index (Phi) is 60.8. The van der Waals surface area contributed by atoms with Crippen molar-refractivity contribution in [3.8, 4) is 0 Å². The summed E-state index contributed by atoms with van der Waals surface area (Å²) in [6.07, 6.45) is 0. The number of halogens is 1. The molecule has 0 radical (unpaired) electrons. The van der Waals surface area contributed by atoms with Crippen LogP contribution >= 0.6 is 0 Å². The summed E-state index contributed by atoms with van der Waals surface area (Å²) in [5.41, 5.74) is 16.1. The molecule has 10 nitrogen and oxygen atoms in total. The maximum atomic E-state index is 8.00. The van der Waals surface area contributed by atoms with Gasteiger partial charge in [0.2, 0.25) is 0 Å². The molecule has 0 aromatic rings. The van der Waals surface area contributed by atoms with E-state index < -0.39 is 0 Å². The Morgan fingerprint density at radius 2 is 1.00 bits per heavy atom. The standard InChI is InChI=1S/C6H18N4.ClH.Co.2HNO2/c7-1-4-10(5-2-8)6-3-9;;;2*2-1-3/h1-9H2;1H;;2*(H,2,3)/q;;+3;;/p-3. The van der Waals surface area contributed by atoms with Gasteiger partial charge in [-0.2, -0.15) is 0 Å². The van der Waals surface area contributed by atoms with Crippen molar-refractivity contribution in [3.05, 3.63) is 20.2 Å². The molecule has 0 unspecified atom stereocenters. The summed E-state index contributed by atoms with van der Waals surface area (Å²) < 4.78 is 0. The van der Waals surface area contributed by atoms with Crippen molar-refractivity contribution in [2.24, 2.45) is 27.9 Å². The third kappa shape index (κ3) is 45.2. The molecular formula is C6H18ClCoN6O4. The van der Waals surface area contributed by atoms with Crippen LogP contribution in [-0.4, -0.2) is 44.2 Å². The molecule has 112 valence electrons. The number of nitrogens with two attached hydrogens (primary N) is 3. The number of hydrogen-bond acceptors (Lipinski definition) is 10. The fraction of sp³-hybridized carbons (Fsp3) is 1.00. The molecule has 6 N–H and O–H groups in total. The van der Waals surface area contributed by atoms with E-state index in [9.17, 15) is 0 Å². The van der Waals surface area contributed by atoms with Crippen LogP contribution in [0.5, 0.6) is 0 Å². The molecule has 12 heteroatoms. The van der Waals surface area contributed by atoms with Crippen molar-refractivity contribution in [3.63, 3.8) is 0 Å². The summed E-state index contributed by atoms with van der Waals surface area (Å²) in [6, 6.07) is 0. The molecule has 18 heavy (non-hydrogen) atoms. The van der Waals surface area contributed by atoms with Crippen LogP contribution in [0.25, 0.3) is 0 Å². The first-order valence-electron chi connectivity index (χ1n) is 4.40. The predicted molar refractivity (Wildman–Crippen MR) is 61.9 cm³/mol. The van der Waals surface area contributed by atoms with E-state index in [0.717, 1.165) is 30.3 Å². The van der Waals surface area contributed by atoms with Crippen LogP contribution < -0.4 is 29.6 Å². The zero-order valence-corrected chi connectivity index (χ0v) is 11.5. The van der Waals surface area contributed by atoms with Crippen molar-refractivity contribution in [2.45, 2.75) is 0 Å². The first-order valence-corrected chi connectivity index (χ1v) is 4.40. The molecule has 0 aliphatic rings. The van der Waals surface area contributed by atoms with Gasteiger partial charge >= 0.3 is 16.8 Å². The second kappa shape index (κ2) is 36.0. The summed E-state index contributed by atoms with van der Waals surface area (Å²) >= 11 is 0. The summed E-state index contributed by atoms with van der Waals surface area (Å²) in [7, 11) is 0. The van der Waals surface area contributed by atoms with Crippen molar-refractivity contribution >= 4 is 0 Å². The van der Waals surface area contributed by atoms with Gasteiger partial charge in [-0.3, -0.25) is 4.90 Å². The molecule has 0 rings (SSSR count). The summed E-state index contributed by atoms with van der Waals surface area (Å²) in [5, 5.41) is 18.0. The Balaban J connectivity index is -0.0000000603. The van der Waals surface area contributed by atoms with Gasteiger partial charge in [-0.15, -0.1) is 10.7 Å². The second-order valence-corrected chi connectivity index (χ2v) is 2.36. The quantitative estimate of drug-likeness (QED) is 0.321. The molecule has 0 aliphatic heterocycles. The first kappa shape index (κ1) is 30.5. The van der Waals surface area contributed by atoms with Gasteiger partial charge in [0.1, 0.15) is 0 Å². The van der Waals surface area contributed by atoms with Gasteiger partial charge < -0.3 is 49.8 Å². The minimum atomic E-state index is 0. The monoisotopic (exact) mass is 332 g/mol. The third-order valence-electron chi connectivity index (χ3n) is 1.34. The number of hydrogen-bond donors (Lipinski definition) is 3. The van der Waals surface area contributed by atoms with Gasteiger partial charge in [0, 0.05) is 39.3 Å². The Morgan fingerprint density at radius 3 is 1.11 bits per heavy atom. The van der Waals surface area contributed by atoms with E-state index in [1.54, 1.807) is 0 Å². The molecule has 0 saturated carbocycles. The summed E-state index contributed by atoms with van der Waals surface area (Å²) in [6.45, 7) is 4.73. The van der Waals surface area contributed by atoms with Crippen molar-refractivity contribution in [1.82, 2.24) is 4.90 Å². The molecule has 0 fully saturated rings. The molecule has 0 aromatic heterocycles. The maximum Gasteiger partial charge on any atom is 3.00 e.